The standard InChI is InChI=1S/C32H30F6N6O3/c1-4-20(16-39)15-21(5-2)18-43-42-14-6-13-30(42,3)25(19-45)28(44(43)47)29(46)41-26-11-9-23(31(33,34)35)8-10-24(26)22-7-12-27(40-17-22)32(36,37)38/h2,4,7-9,11-12,15,17,45,47H,6,10,13-14,18-19H2,1,3H3,(H,41,46)/b20-4+,21-15+. The van der Waals surface area contributed by atoms with Gasteiger partial charge in [-0.15, -0.1) is 11.5 Å². The summed E-state index contributed by atoms with van der Waals surface area (Å²) in [4.78, 5) is 17.4. The molecule has 1 aliphatic carbocycles. The number of hydrogen-bond acceptors (Lipinski definition) is 8. The van der Waals surface area contributed by atoms with Crippen molar-refractivity contribution in [1.82, 2.24) is 25.6 Å². The van der Waals surface area contributed by atoms with Gasteiger partial charge in [0.2, 0.25) is 0 Å². The highest BCUT2D eigenvalue weighted by Gasteiger charge is 2.51. The molecule has 3 aliphatic rings. The molecule has 1 fully saturated rings. The van der Waals surface area contributed by atoms with Crippen LogP contribution in [-0.2, 0) is 11.0 Å². The minimum absolute atomic E-state index is 0.00937. The first-order valence-electron chi connectivity index (χ1n) is 14.2. The number of nitriles is 1. The molecule has 9 nitrogen and oxygen atoms in total. The molecule has 2 aliphatic heterocycles. The zero-order valence-corrected chi connectivity index (χ0v) is 25.2. The Morgan fingerprint density at radius 1 is 1.21 bits per heavy atom. The molecule has 3 N–H and O–H groups in total. The molecule has 47 heavy (non-hydrogen) atoms. The summed E-state index contributed by atoms with van der Waals surface area (Å²) >= 11 is 0. The van der Waals surface area contributed by atoms with Crippen LogP contribution in [0, 0.1) is 23.7 Å². The molecule has 248 valence electrons. The number of alkyl halides is 6. The van der Waals surface area contributed by atoms with Crippen molar-refractivity contribution in [3.05, 3.63) is 93.7 Å². The maximum absolute atomic E-state index is 14.0. The molecular weight excluding hydrogens is 630 g/mol. The van der Waals surface area contributed by atoms with E-state index in [0.29, 0.717) is 36.7 Å². The Morgan fingerprint density at radius 2 is 1.94 bits per heavy atom. The maximum Gasteiger partial charge on any atom is 0.433 e. The number of hydrazine groups is 2. The number of pyridine rings is 1. The first kappa shape index (κ1) is 35.2. The van der Waals surface area contributed by atoms with Gasteiger partial charge in [-0.05, 0) is 68.5 Å². The monoisotopic (exact) mass is 660 g/mol. The first-order chi connectivity index (χ1) is 22.1. The van der Waals surface area contributed by atoms with Gasteiger partial charge >= 0.3 is 12.4 Å². The maximum atomic E-state index is 14.0. The van der Waals surface area contributed by atoms with Gasteiger partial charge in [-0.1, -0.05) is 24.1 Å². The number of terminal acetylenes is 1. The number of aromatic nitrogens is 1. The van der Waals surface area contributed by atoms with E-state index in [4.69, 9.17) is 6.42 Å². The number of carbonyl (C=O) groups is 1. The predicted molar refractivity (Wildman–Crippen MR) is 157 cm³/mol. The Labute approximate surface area is 266 Å². The third kappa shape index (κ3) is 7.18. The van der Waals surface area contributed by atoms with Crippen molar-refractivity contribution < 1.29 is 41.5 Å². The molecule has 1 atom stereocenters. The fraction of sp³-hybridized carbons (Fsp3) is 0.344. The van der Waals surface area contributed by atoms with E-state index >= 15 is 0 Å². The van der Waals surface area contributed by atoms with Gasteiger partial charge in [0.15, 0.2) is 5.70 Å². The van der Waals surface area contributed by atoms with E-state index in [-0.39, 0.29) is 40.1 Å². The molecular formula is C32H30F6N6O3. The van der Waals surface area contributed by atoms with Crippen LogP contribution in [-0.4, -0.2) is 67.9 Å². The molecule has 0 spiro atoms. The number of carbonyl (C=O) groups excluding carboxylic acids is 1. The third-order valence-corrected chi connectivity index (χ3v) is 8.14. The summed E-state index contributed by atoms with van der Waals surface area (Å²) in [6.45, 7) is 2.91. The molecule has 4 rings (SSSR count). The number of rotatable bonds is 7. The van der Waals surface area contributed by atoms with Crippen molar-refractivity contribution in [2.75, 3.05) is 19.7 Å². The Hall–Kier alpha value is -4.67. The van der Waals surface area contributed by atoms with Crippen LogP contribution in [0.5, 0.6) is 0 Å². The number of hydroxylamine groups is 1. The minimum atomic E-state index is -4.76. The summed E-state index contributed by atoms with van der Waals surface area (Å²) in [5.41, 5.74) is -3.27. The molecule has 3 heterocycles. The summed E-state index contributed by atoms with van der Waals surface area (Å²) < 4.78 is 80.4. The van der Waals surface area contributed by atoms with Gasteiger partial charge in [0.1, 0.15) is 5.69 Å². The lowest BCUT2D eigenvalue weighted by Gasteiger charge is -2.51. The van der Waals surface area contributed by atoms with E-state index in [1.54, 1.807) is 18.9 Å². The molecule has 0 aromatic carbocycles. The lowest BCUT2D eigenvalue weighted by molar-refractivity contribution is -0.322. The van der Waals surface area contributed by atoms with Crippen molar-refractivity contribution in [2.45, 2.75) is 51.0 Å². The molecule has 1 aromatic rings. The van der Waals surface area contributed by atoms with Gasteiger partial charge in [0.05, 0.1) is 30.3 Å². The third-order valence-electron chi connectivity index (χ3n) is 8.14. The van der Waals surface area contributed by atoms with Crippen LogP contribution in [0.4, 0.5) is 26.3 Å². The lowest BCUT2D eigenvalue weighted by atomic mass is 9.87. The minimum Gasteiger partial charge on any atom is -0.392 e. The summed E-state index contributed by atoms with van der Waals surface area (Å²) in [6, 6.07) is 3.68. The Bertz CT molecular complexity index is 1690. The van der Waals surface area contributed by atoms with Gasteiger partial charge in [0.25, 0.3) is 5.91 Å². The van der Waals surface area contributed by atoms with E-state index in [9.17, 15) is 46.7 Å². The zero-order valence-electron chi connectivity index (χ0n) is 25.2. The number of halogens is 6. The number of aliphatic hydroxyl groups is 1. The van der Waals surface area contributed by atoms with E-state index in [0.717, 1.165) is 24.4 Å². The fourth-order valence-corrected chi connectivity index (χ4v) is 5.68. The van der Waals surface area contributed by atoms with E-state index in [1.165, 1.54) is 17.3 Å². The molecule has 1 amide bonds. The number of hydrogen-bond donors (Lipinski definition) is 3. The van der Waals surface area contributed by atoms with Crippen LogP contribution in [0.25, 0.3) is 5.57 Å². The second-order valence-electron chi connectivity index (χ2n) is 10.9. The SMILES string of the molecule is C#C/C(=C\C(C#N)=C/C)CN1N(O)C(C(=O)NC2=C(c3ccc(C(F)(F)F)nc3)CC=C(C(F)(F)F)C=C2)=C(CO)C2(C)CCCN12. The van der Waals surface area contributed by atoms with Gasteiger partial charge in [-0.25, -0.2) is 5.01 Å². The molecule has 1 saturated heterocycles. The average Bonchev–Trinajstić information content (AvgIpc) is 3.28. The summed E-state index contributed by atoms with van der Waals surface area (Å²) in [6.07, 6.45) is 3.07. The Morgan fingerprint density at radius 3 is 2.49 bits per heavy atom. The van der Waals surface area contributed by atoms with Gasteiger partial charge < -0.3 is 10.4 Å². The summed E-state index contributed by atoms with van der Waals surface area (Å²) in [7, 11) is 0. The molecule has 0 bridgehead atoms. The molecule has 1 aromatic heterocycles. The lowest BCUT2D eigenvalue weighted by Crippen LogP contribution is -2.65. The number of allylic oxidation sites excluding steroid dienone is 8. The highest BCUT2D eigenvalue weighted by atomic mass is 19.4. The van der Waals surface area contributed by atoms with Crippen molar-refractivity contribution in [3.63, 3.8) is 0 Å². The largest absolute Gasteiger partial charge is 0.433 e. The zero-order chi connectivity index (χ0) is 34.7. The number of fused-ring (bicyclic) bond motifs is 1. The normalized spacial score (nSPS) is 21.7. The van der Waals surface area contributed by atoms with Gasteiger partial charge in [0, 0.05) is 35.2 Å². The van der Waals surface area contributed by atoms with E-state index in [1.807, 2.05) is 6.07 Å². The fourth-order valence-electron chi connectivity index (χ4n) is 5.68. The molecule has 0 saturated carbocycles. The van der Waals surface area contributed by atoms with Crippen LogP contribution in [0.15, 0.2) is 82.4 Å². The smallest absolute Gasteiger partial charge is 0.392 e. The van der Waals surface area contributed by atoms with Crippen LogP contribution in [0.2, 0.25) is 0 Å². The van der Waals surface area contributed by atoms with Crippen LogP contribution < -0.4 is 5.32 Å². The van der Waals surface area contributed by atoms with Crippen molar-refractivity contribution in [1.29, 1.82) is 5.26 Å². The molecule has 15 heteroatoms. The average molecular weight is 661 g/mol. The topological polar surface area (TPSA) is 116 Å². The van der Waals surface area contributed by atoms with Crippen molar-refractivity contribution in [2.24, 2.45) is 0 Å². The van der Waals surface area contributed by atoms with E-state index in [2.05, 4.69) is 16.2 Å². The highest BCUT2D eigenvalue weighted by molar-refractivity contribution is 5.96. The summed E-state index contributed by atoms with van der Waals surface area (Å²) in [5, 5.41) is 37.3. The number of nitrogens with zero attached hydrogens (tertiary/aromatic N) is 5. The van der Waals surface area contributed by atoms with E-state index < -0.39 is 53.8 Å². The number of aliphatic hydroxyl groups excluding tert-OH is 1. The van der Waals surface area contributed by atoms with Gasteiger partial charge in [-0.3, -0.25) is 15.0 Å². The number of amides is 1. The number of nitrogens with one attached hydrogen (secondary N) is 1. The van der Waals surface area contributed by atoms with Crippen molar-refractivity contribution in [3.8, 4) is 18.4 Å². The second kappa shape index (κ2) is 13.6. The molecule has 0 radical (unpaired) electrons. The van der Waals surface area contributed by atoms with Crippen LogP contribution >= 0.6 is 0 Å². The quantitative estimate of drug-likeness (QED) is 0.155. The predicted octanol–water partition coefficient (Wildman–Crippen LogP) is 5.34. The van der Waals surface area contributed by atoms with Gasteiger partial charge in [-0.2, -0.15) is 36.8 Å². The van der Waals surface area contributed by atoms with Crippen LogP contribution in [0.1, 0.15) is 44.4 Å². The van der Waals surface area contributed by atoms with Crippen molar-refractivity contribution >= 4 is 11.5 Å². The Balaban J connectivity index is 1.80. The molecule has 1 unspecified atom stereocenters. The second-order valence-corrected chi connectivity index (χ2v) is 10.9. The summed E-state index contributed by atoms with van der Waals surface area (Å²) in [5.74, 6) is 1.43. The van der Waals surface area contributed by atoms with Crippen LogP contribution in [0.3, 0.4) is 0 Å². The highest BCUT2D eigenvalue weighted by Crippen LogP contribution is 2.43. The Kier molecular flexibility index (Phi) is 10.2. The first-order valence-corrected chi connectivity index (χ1v) is 14.2.